The van der Waals surface area contributed by atoms with Crippen LogP contribution in [0.25, 0.3) is 11.2 Å². The molecule has 0 bridgehead atoms. The minimum atomic E-state index is -0.0597. The Balaban J connectivity index is 1.37. The highest BCUT2D eigenvalue weighted by Crippen LogP contribution is 2.32. The van der Waals surface area contributed by atoms with Gasteiger partial charge < -0.3 is 39.9 Å². The van der Waals surface area contributed by atoms with Crippen LogP contribution in [-0.4, -0.2) is 65.5 Å². The van der Waals surface area contributed by atoms with Crippen molar-refractivity contribution >= 4 is 45.9 Å². The lowest BCUT2D eigenvalue weighted by Gasteiger charge is -2.16. The summed E-state index contributed by atoms with van der Waals surface area (Å²) in [6, 6.07) is 12.9. The lowest BCUT2D eigenvalue weighted by molar-refractivity contribution is -0.115. The Morgan fingerprint density at radius 1 is 0.868 bits per heavy atom. The molecule has 4 aromatic rings. The smallest absolute Gasteiger partial charge is 0.231 e. The average Bonchev–Trinajstić information content (AvgIpc) is 3.39. The number of aromatic nitrogens is 4. The maximum absolute atomic E-state index is 11.8. The van der Waals surface area contributed by atoms with Crippen molar-refractivity contribution in [2.24, 2.45) is 0 Å². The van der Waals surface area contributed by atoms with Gasteiger partial charge in [0.25, 0.3) is 0 Å². The normalized spacial score (nSPS) is 14.2. The molecule has 5 rings (SSSR count). The predicted octanol–water partition coefficient (Wildman–Crippen LogP) is 3.99. The largest absolute Gasteiger partial charge is 0.487 e. The van der Waals surface area contributed by atoms with Gasteiger partial charge >= 0.3 is 0 Å². The van der Waals surface area contributed by atoms with Gasteiger partial charge in [0, 0.05) is 29.5 Å². The highest BCUT2D eigenvalue weighted by atomic mass is 16.6. The first-order chi connectivity index (χ1) is 18.7. The van der Waals surface area contributed by atoms with Crippen LogP contribution in [0.2, 0.25) is 0 Å². The molecular formula is C26H29N7O5. The van der Waals surface area contributed by atoms with E-state index in [1.54, 1.807) is 13.3 Å². The lowest BCUT2D eigenvalue weighted by atomic mass is 10.2. The molecule has 0 unspecified atom stereocenters. The third kappa shape index (κ3) is 6.47. The van der Waals surface area contributed by atoms with Crippen molar-refractivity contribution in [1.29, 1.82) is 0 Å². The van der Waals surface area contributed by atoms with Gasteiger partial charge in [-0.25, -0.2) is 4.98 Å². The van der Waals surface area contributed by atoms with Crippen LogP contribution in [0, 0.1) is 0 Å². The van der Waals surface area contributed by atoms with E-state index in [-0.39, 0.29) is 5.91 Å². The van der Waals surface area contributed by atoms with Gasteiger partial charge in [0.05, 0.1) is 32.8 Å². The zero-order valence-corrected chi connectivity index (χ0v) is 21.0. The number of carbonyl (C=O) groups excluding carboxylic acids is 1. The molecule has 0 atom stereocenters. The summed E-state index contributed by atoms with van der Waals surface area (Å²) in [5, 5.41) is 9.38. The van der Waals surface area contributed by atoms with Crippen LogP contribution in [0.1, 0.15) is 13.3 Å². The molecule has 0 radical (unpaired) electrons. The number of imidazole rings is 1. The summed E-state index contributed by atoms with van der Waals surface area (Å²) < 4.78 is 22.7. The van der Waals surface area contributed by atoms with Gasteiger partial charge in [-0.3, -0.25) is 4.79 Å². The molecule has 3 heterocycles. The minimum Gasteiger partial charge on any atom is -0.487 e. The zero-order chi connectivity index (χ0) is 26.2. The van der Waals surface area contributed by atoms with E-state index < -0.39 is 0 Å². The average molecular weight is 520 g/mol. The number of rotatable bonds is 6. The second kappa shape index (κ2) is 12.2. The number of benzene rings is 2. The molecular weight excluding hydrogens is 490 g/mol. The van der Waals surface area contributed by atoms with Crippen LogP contribution in [0.3, 0.4) is 0 Å². The number of anilines is 5. The Hall–Kier alpha value is -4.42. The van der Waals surface area contributed by atoms with Crippen LogP contribution in [0.4, 0.5) is 28.8 Å². The maximum atomic E-state index is 11.8. The molecule has 1 aliphatic rings. The molecule has 198 valence electrons. The van der Waals surface area contributed by atoms with E-state index in [2.05, 4.69) is 35.9 Å². The lowest BCUT2D eigenvalue weighted by Crippen LogP contribution is -2.15. The summed E-state index contributed by atoms with van der Waals surface area (Å²) in [5.74, 6) is 1.99. The quantitative estimate of drug-likeness (QED) is 0.295. The molecule has 2 aromatic heterocycles. The number of amides is 1. The van der Waals surface area contributed by atoms with Crippen molar-refractivity contribution in [3.8, 4) is 11.5 Å². The van der Waals surface area contributed by atoms with Crippen LogP contribution in [0.15, 0.2) is 48.8 Å². The standard InChI is InChI=1S/C26H29N7O5/c1-2-22(34)29-17-4-3-5-18(14-17)30-25-23-24(28-16-27-23)32-26(33-25)31-19-6-7-20-21(15-19)38-13-11-36-9-8-35-10-12-37-20/h3-7,14-16H,2,8-13H2,1H3,(H,29,34)(H3,27,28,30,31,32,33). The fourth-order valence-electron chi connectivity index (χ4n) is 3.73. The number of ether oxygens (including phenoxy) is 4. The van der Waals surface area contributed by atoms with E-state index in [1.807, 2.05) is 42.5 Å². The summed E-state index contributed by atoms with van der Waals surface area (Å²) in [5.41, 5.74) is 3.28. The summed E-state index contributed by atoms with van der Waals surface area (Å²) in [4.78, 5) is 28.4. The van der Waals surface area contributed by atoms with Gasteiger partial charge in [-0.15, -0.1) is 0 Å². The molecule has 12 nitrogen and oxygen atoms in total. The van der Waals surface area contributed by atoms with Gasteiger partial charge in [0.15, 0.2) is 23.0 Å². The van der Waals surface area contributed by atoms with Crippen molar-refractivity contribution in [2.45, 2.75) is 13.3 Å². The van der Waals surface area contributed by atoms with E-state index >= 15 is 0 Å². The molecule has 38 heavy (non-hydrogen) atoms. The van der Waals surface area contributed by atoms with Gasteiger partial charge in [-0.1, -0.05) is 13.0 Å². The summed E-state index contributed by atoms with van der Waals surface area (Å²) >= 11 is 0. The molecule has 4 N–H and O–H groups in total. The van der Waals surface area contributed by atoms with Gasteiger partial charge in [-0.2, -0.15) is 9.97 Å². The number of H-pyrrole nitrogens is 1. The second-order valence-corrected chi connectivity index (χ2v) is 8.31. The fraction of sp³-hybridized carbons (Fsp3) is 0.308. The van der Waals surface area contributed by atoms with E-state index in [1.165, 1.54) is 0 Å². The molecule has 1 aliphatic heterocycles. The molecule has 0 saturated carbocycles. The first-order valence-electron chi connectivity index (χ1n) is 12.4. The third-order valence-corrected chi connectivity index (χ3v) is 5.56. The van der Waals surface area contributed by atoms with E-state index in [4.69, 9.17) is 18.9 Å². The highest BCUT2D eigenvalue weighted by molar-refractivity contribution is 5.91. The van der Waals surface area contributed by atoms with Crippen LogP contribution in [-0.2, 0) is 14.3 Å². The van der Waals surface area contributed by atoms with Crippen LogP contribution in [0.5, 0.6) is 11.5 Å². The summed E-state index contributed by atoms with van der Waals surface area (Å²) in [6.07, 6.45) is 1.96. The summed E-state index contributed by atoms with van der Waals surface area (Å²) in [7, 11) is 0. The number of hydrogen-bond donors (Lipinski definition) is 4. The molecule has 12 heteroatoms. The van der Waals surface area contributed by atoms with Crippen molar-refractivity contribution < 1.29 is 23.7 Å². The number of aromatic amines is 1. The van der Waals surface area contributed by atoms with Crippen molar-refractivity contribution in [2.75, 3.05) is 55.6 Å². The SMILES string of the molecule is CCC(=O)Nc1cccc(Nc2nc(Nc3ccc4c(c3)OCCOCCOCCO4)nc3nc[nH]c23)c1. The van der Waals surface area contributed by atoms with Crippen molar-refractivity contribution in [1.82, 2.24) is 19.9 Å². The highest BCUT2D eigenvalue weighted by Gasteiger charge is 2.13. The number of carbonyl (C=O) groups is 1. The number of nitrogens with one attached hydrogen (secondary N) is 4. The maximum Gasteiger partial charge on any atom is 0.231 e. The molecule has 1 amide bonds. The topological polar surface area (TPSA) is 145 Å². The van der Waals surface area contributed by atoms with E-state index in [9.17, 15) is 4.79 Å². The number of nitrogens with zero attached hydrogens (tertiary/aromatic N) is 3. The Kier molecular flexibility index (Phi) is 8.11. The van der Waals surface area contributed by atoms with Crippen LogP contribution >= 0.6 is 0 Å². The predicted molar refractivity (Wildman–Crippen MR) is 143 cm³/mol. The minimum absolute atomic E-state index is 0.0597. The first kappa shape index (κ1) is 25.2. The Morgan fingerprint density at radius 2 is 1.61 bits per heavy atom. The summed E-state index contributed by atoms with van der Waals surface area (Å²) in [6.45, 7) is 4.53. The van der Waals surface area contributed by atoms with E-state index in [0.717, 1.165) is 5.69 Å². The first-order valence-corrected chi connectivity index (χ1v) is 12.4. The van der Waals surface area contributed by atoms with Crippen molar-refractivity contribution in [3.63, 3.8) is 0 Å². The molecule has 0 saturated heterocycles. The van der Waals surface area contributed by atoms with Gasteiger partial charge in [0.2, 0.25) is 11.9 Å². The van der Waals surface area contributed by atoms with Gasteiger partial charge in [0.1, 0.15) is 18.7 Å². The fourth-order valence-corrected chi connectivity index (χ4v) is 3.73. The molecule has 0 aliphatic carbocycles. The second-order valence-electron chi connectivity index (χ2n) is 8.31. The Labute approximate surface area is 219 Å². The molecule has 0 spiro atoms. The molecule has 2 aromatic carbocycles. The number of fused-ring (bicyclic) bond motifs is 2. The third-order valence-electron chi connectivity index (χ3n) is 5.56. The van der Waals surface area contributed by atoms with E-state index in [0.29, 0.717) is 91.9 Å². The van der Waals surface area contributed by atoms with Crippen LogP contribution < -0.4 is 25.4 Å². The molecule has 0 fully saturated rings. The Morgan fingerprint density at radius 3 is 2.42 bits per heavy atom. The zero-order valence-electron chi connectivity index (χ0n) is 21.0. The number of hydrogen-bond acceptors (Lipinski definition) is 10. The van der Waals surface area contributed by atoms with Crippen molar-refractivity contribution in [3.05, 3.63) is 48.8 Å². The Bertz CT molecular complexity index is 1390. The monoisotopic (exact) mass is 519 g/mol. The van der Waals surface area contributed by atoms with Gasteiger partial charge in [-0.05, 0) is 30.3 Å².